The fraction of sp³-hybridized carbons (Fsp3) is 0.438. The average molecular weight is 479 g/mol. The first-order chi connectivity index (χ1) is 14.1. The van der Waals surface area contributed by atoms with Crippen LogP contribution >= 0.6 is 0 Å². The second-order valence-corrected chi connectivity index (χ2v) is 8.44. The number of halogens is 8. The molecule has 6 nitrogen and oxygen atoms in total. The molecule has 0 saturated carbocycles. The van der Waals surface area contributed by atoms with E-state index in [0.29, 0.717) is 6.07 Å². The number of aromatic nitrogens is 3. The quantitative estimate of drug-likeness (QED) is 0.543. The lowest BCUT2D eigenvalue weighted by atomic mass is 10.0. The summed E-state index contributed by atoms with van der Waals surface area (Å²) in [4.78, 5) is 19.0. The third kappa shape index (κ3) is 4.41. The van der Waals surface area contributed by atoms with Crippen LogP contribution in [0, 0.1) is 0 Å². The van der Waals surface area contributed by atoms with Crippen LogP contribution < -0.4 is 5.56 Å². The summed E-state index contributed by atoms with van der Waals surface area (Å²) in [6, 6.07) is 2.87. The molecule has 2 aromatic rings. The monoisotopic (exact) mass is 479 g/mol. The van der Waals surface area contributed by atoms with E-state index < -0.39 is 51.8 Å². The minimum atomic E-state index is -6.49. The van der Waals surface area contributed by atoms with Crippen LogP contribution in [0.15, 0.2) is 40.4 Å². The molecule has 0 atom stereocenters. The zero-order valence-corrected chi connectivity index (χ0v) is 16.2. The first-order valence-corrected chi connectivity index (χ1v) is 9.90. The van der Waals surface area contributed by atoms with Crippen LogP contribution in [0.4, 0.5) is 35.1 Å². The second-order valence-electron chi connectivity index (χ2n) is 6.20. The molecule has 15 heteroatoms. The Morgan fingerprint density at radius 3 is 2.23 bits per heavy atom. The highest BCUT2D eigenvalue weighted by molar-refractivity contribution is 7.91. The number of hydrogen-bond donors (Lipinski definition) is 0. The van der Waals surface area contributed by atoms with E-state index >= 15 is 0 Å². The van der Waals surface area contributed by atoms with Crippen molar-refractivity contribution in [3.8, 4) is 11.4 Å². The van der Waals surface area contributed by atoms with Gasteiger partial charge in [0.15, 0.2) is 9.84 Å². The summed E-state index contributed by atoms with van der Waals surface area (Å²) in [7, 11) is -3.86. The van der Waals surface area contributed by atoms with Crippen molar-refractivity contribution in [3.63, 3.8) is 0 Å². The summed E-state index contributed by atoms with van der Waals surface area (Å²) in [5, 5.41) is 0. The summed E-state index contributed by atoms with van der Waals surface area (Å²) >= 11 is 0. The van der Waals surface area contributed by atoms with E-state index in [9.17, 15) is 48.3 Å². The van der Waals surface area contributed by atoms with Crippen LogP contribution in [0.5, 0.6) is 0 Å². The van der Waals surface area contributed by atoms with Gasteiger partial charge >= 0.3 is 24.2 Å². The van der Waals surface area contributed by atoms with Gasteiger partial charge in [0.2, 0.25) is 0 Å². The van der Waals surface area contributed by atoms with Crippen LogP contribution in [0.3, 0.4) is 0 Å². The number of pyridine rings is 1. The number of hydrogen-bond acceptors (Lipinski definition) is 5. The van der Waals surface area contributed by atoms with E-state index in [-0.39, 0.29) is 27.2 Å². The minimum Gasteiger partial charge on any atom is -0.293 e. The van der Waals surface area contributed by atoms with Crippen molar-refractivity contribution < 1.29 is 43.5 Å². The minimum absolute atomic E-state index is 0.199. The summed E-state index contributed by atoms with van der Waals surface area (Å²) in [6.45, 7) is -1.08. The van der Waals surface area contributed by atoms with Gasteiger partial charge in [0.1, 0.15) is 5.69 Å². The van der Waals surface area contributed by atoms with Crippen LogP contribution in [0.2, 0.25) is 0 Å². The molecule has 172 valence electrons. The van der Waals surface area contributed by atoms with E-state index in [1.54, 1.807) is 0 Å². The summed E-state index contributed by atoms with van der Waals surface area (Å²) in [6.07, 6.45) is -3.69. The van der Waals surface area contributed by atoms with Crippen molar-refractivity contribution in [2.24, 2.45) is 0 Å². The topological polar surface area (TPSA) is 81.9 Å². The molecule has 0 aromatic carbocycles. The van der Waals surface area contributed by atoms with Gasteiger partial charge in [-0.1, -0.05) is 6.92 Å². The maximum atomic E-state index is 13.8. The van der Waals surface area contributed by atoms with E-state index in [2.05, 4.69) is 9.97 Å². The molecule has 0 amide bonds. The molecule has 0 aliphatic carbocycles. The highest BCUT2D eigenvalue weighted by Crippen LogP contribution is 2.49. The smallest absolute Gasteiger partial charge is 0.293 e. The van der Waals surface area contributed by atoms with Gasteiger partial charge in [-0.15, -0.1) is 0 Å². The van der Waals surface area contributed by atoms with Crippen molar-refractivity contribution in [2.45, 2.75) is 42.6 Å². The van der Waals surface area contributed by atoms with Crippen molar-refractivity contribution in [2.75, 3.05) is 5.75 Å². The number of rotatable bonds is 8. The maximum absolute atomic E-state index is 13.8. The Bertz CT molecular complexity index is 1120. The third-order valence-corrected chi connectivity index (χ3v) is 5.89. The molecular formula is C16H13F8N3O3S. The summed E-state index contributed by atoms with van der Waals surface area (Å²) < 4.78 is 129. The number of sulfone groups is 1. The van der Waals surface area contributed by atoms with Gasteiger partial charge in [0, 0.05) is 12.3 Å². The first kappa shape index (κ1) is 24.7. The molecule has 2 rings (SSSR count). The summed E-state index contributed by atoms with van der Waals surface area (Å²) in [5.74, 6) is -19.0. The molecule has 0 bridgehead atoms. The molecule has 2 heterocycles. The fourth-order valence-corrected chi connectivity index (χ4v) is 3.41. The molecule has 0 N–H and O–H groups in total. The largest absolute Gasteiger partial charge is 0.379 e. The van der Waals surface area contributed by atoms with Gasteiger partial charge < -0.3 is 0 Å². The van der Waals surface area contributed by atoms with Crippen molar-refractivity contribution in [1.82, 2.24) is 14.5 Å². The van der Waals surface area contributed by atoms with Gasteiger partial charge in [-0.2, -0.15) is 26.3 Å². The van der Waals surface area contributed by atoms with Crippen LogP contribution in [0.25, 0.3) is 11.4 Å². The van der Waals surface area contributed by atoms with Crippen LogP contribution in [0.1, 0.15) is 6.92 Å². The van der Waals surface area contributed by atoms with E-state index in [1.807, 2.05) is 0 Å². The Morgan fingerprint density at radius 1 is 1.10 bits per heavy atom. The van der Waals surface area contributed by atoms with Gasteiger partial charge in [0.25, 0.3) is 5.56 Å². The molecule has 0 unspecified atom stereocenters. The van der Waals surface area contributed by atoms with E-state index in [1.165, 1.54) is 13.0 Å². The Kier molecular flexibility index (Phi) is 6.50. The zero-order chi connectivity index (χ0) is 23.8. The van der Waals surface area contributed by atoms with Crippen molar-refractivity contribution in [1.29, 1.82) is 0 Å². The van der Waals surface area contributed by atoms with Gasteiger partial charge in [0.05, 0.1) is 29.2 Å². The highest BCUT2D eigenvalue weighted by atomic mass is 32.2. The highest BCUT2D eigenvalue weighted by Gasteiger charge is 2.75. The van der Waals surface area contributed by atoms with E-state index in [4.69, 9.17) is 0 Å². The molecule has 31 heavy (non-hydrogen) atoms. The predicted molar refractivity (Wildman–Crippen MR) is 90.3 cm³/mol. The molecule has 0 aliphatic heterocycles. The Labute approximate surface area is 169 Å². The third-order valence-electron chi connectivity index (χ3n) is 4.13. The van der Waals surface area contributed by atoms with Gasteiger partial charge in [-0.05, 0) is 12.1 Å². The lowest BCUT2D eigenvalue weighted by Crippen LogP contribution is -2.59. The van der Waals surface area contributed by atoms with E-state index in [0.717, 1.165) is 12.3 Å². The maximum Gasteiger partial charge on any atom is 0.379 e. The normalized spacial score (nSPS) is 13.6. The lowest BCUT2D eigenvalue weighted by molar-refractivity contribution is -0.341. The Balaban J connectivity index is 2.47. The molecule has 0 aliphatic rings. The number of alkyl halides is 8. The first-order valence-electron chi connectivity index (χ1n) is 8.24. The van der Waals surface area contributed by atoms with Crippen LogP contribution in [-0.4, -0.2) is 52.9 Å². The molecule has 0 fully saturated rings. The number of nitrogens with zero attached hydrogens (tertiary/aromatic N) is 3. The van der Waals surface area contributed by atoms with Crippen LogP contribution in [-0.2, 0) is 16.4 Å². The van der Waals surface area contributed by atoms with Gasteiger partial charge in [-0.25, -0.2) is 22.2 Å². The Hall–Kier alpha value is -2.58. The van der Waals surface area contributed by atoms with Crippen molar-refractivity contribution >= 4 is 9.84 Å². The predicted octanol–water partition coefficient (Wildman–Crippen LogP) is 3.27. The van der Waals surface area contributed by atoms with Gasteiger partial charge in [-0.3, -0.25) is 14.3 Å². The fourth-order valence-electron chi connectivity index (χ4n) is 2.36. The molecular weight excluding hydrogens is 466 g/mol. The van der Waals surface area contributed by atoms with Crippen molar-refractivity contribution in [3.05, 3.63) is 41.1 Å². The summed E-state index contributed by atoms with van der Waals surface area (Å²) in [5.41, 5.74) is -2.23. The molecule has 0 spiro atoms. The standard InChI is InChI=1S/C16H13F8N3O3S/c1-2-31(29,30)10-4-3-5-25-12(10)9-6-11(28)27(8-26-9)7-14(19,20)16(23,24)15(21,22)13(17)18/h3-6,8,13H,2,7H2,1H3. The Morgan fingerprint density at radius 2 is 1.71 bits per heavy atom. The SMILES string of the molecule is CCS(=O)(=O)c1cccnc1-c1cc(=O)n(CC(F)(F)C(F)(F)C(F)(F)C(F)F)cn1. The lowest BCUT2D eigenvalue weighted by Gasteiger charge is -2.32. The molecule has 0 saturated heterocycles. The second kappa shape index (κ2) is 8.16. The molecule has 0 radical (unpaired) electrons. The molecule has 2 aromatic heterocycles. The average Bonchev–Trinajstić information content (AvgIpc) is 2.69. The zero-order valence-electron chi connectivity index (χ0n) is 15.4.